The Hall–Kier alpha value is -10.3. The maximum absolute atomic E-state index is 15.3. The summed E-state index contributed by atoms with van der Waals surface area (Å²) >= 11 is 0. The number of aliphatic hydroxyl groups is 10. The van der Waals surface area contributed by atoms with E-state index in [1.807, 2.05) is 53.3 Å². The van der Waals surface area contributed by atoms with Crippen molar-refractivity contribution in [2.45, 2.75) is 193 Å². The molecule has 5 aliphatic rings. The van der Waals surface area contributed by atoms with Crippen molar-refractivity contribution in [1.29, 1.82) is 0 Å². The Bertz CT molecular complexity index is 4530. The molecule has 10 rings (SSSR count). The van der Waals surface area contributed by atoms with Gasteiger partial charge in [0.25, 0.3) is 0 Å². The normalized spacial score (nSPS) is 32.0. The van der Waals surface area contributed by atoms with Gasteiger partial charge in [-0.25, -0.2) is 77.3 Å². The van der Waals surface area contributed by atoms with Crippen LogP contribution in [0.5, 0.6) is 0 Å². The molecule has 0 spiro atoms. The molecule has 0 amide bonds. The Morgan fingerprint density at radius 3 is 1.15 bits per heavy atom. The minimum atomic E-state index is -2.96. The van der Waals surface area contributed by atoms with Crippen LogP contribution in [0.25, 0.3) is 0 Å². The predicted octanol–water partition coefficient (Wildman–Crippen LogP) is -5.03. The van der Waals surface area contributed by atoms with Crippen LogP contribution < -0.4 is 57.1 Å². The number of halogens is 11. The Morgan fingerprint density at radius 2 is 0.786 bits per heavy atom. The zero-order chi connectivity index (χ0) is 84.2. The maximum atomic E-state index is 15.3. The quantitative estimate of drug-likeness (QED) is 0.0460. The van der Waals surface area contributed by atoms with E-state index in [1.165, 1.54) is 53.7 Å². The van der Waals surface area contributed by atoms with Gasteiger partial charge in [0.15, 0.2) is 36.5 Å². The highest BCUT2D eigenvalue weighted by Gasteiger charge is 2.64. The van der Waals surface area contributed by atoms with Gasteiger partial charge in [-0.3, -0.25) is 18.3 Å². The highest BCUT2D eigenvalue weighted by atomic mass is 19.2. The van der Waals surface area contributed by atoms with Crippen molar-refractivity contribution < 1.29 is 123 Å². The van der Waals surface area contributed by atoms with E-state index in [4.69, 9.17) is 52.4 Å². The first kappa shape index (κ1) is 90.6. The van der Waals surface area contributed by atoms with E-state index in [9.17, 15) is 101 Å². The van der Waals surface area contributed by atoms with Crippen molar-refractivity contribution in [3.8, 4) is 59.2 Å². The molecule has 0 radical (unpaired) electrons. The SMILES string of the molecule is C[C@@H](O)[C@H]1O[C@@H](n2cc(F)c(N)nc2=O)C(F)(C#CCF)[C@H]1O.C[C@@H](O)[C@H]1O[C@@H](n2ccc(N)nc2=O)C(F)(C#CCF)[C@H]1O.C[C@@H](O)[C@H]1O[C@@H](n2cnc(N)nc2=O)C(F)(C#CCF)[C@H]1O.C[C@@H](O)[C@H]1O[C@@H](n2ncc(N)nc2=O)C(F)(C#CCF)[C@H]1O.Cc1cc(N)nc(=O)n1[C@@H]1O[C@H]([C@@H](C)O)[C@H](O)C1(F)C#CCF. The zero-order valence-electron chi connectivity index (χ0n) is 59.0. The number of hydrogen-bond donors (Lipinski definition) is 15. The molecule has 0 bridgehead atoms. The van der Waals surface area contributed by atoms with E-state index < -0.39 is 224 Å². The van der Waals surface area contributed by atoms with E-state index in [0.717, 1.165) is 27.9 Å². The standard InChI is InChI=1S/C14H17F2N3O4.C13H14F3N3O4.C13H15F2N3O4.2C12H14F2N4O4/c1-7-6-9(17)18-13(22)19(7)12-14(16,4-3-5-15)11(21)10(23-12)8(2)20;1-6(20)8-9(21)13(16,3-2-4-14)11(23-8)19-5-7(15)10(17)18-12(19)22;1-7(19)9-10(20)13(15,4-2-5-14)11(22-9)18-6-3-8(16)17-12(18)21;1-6(19)7-8(20)12(14,3-2-4-13)9(22-7)18-5-16-10(15)17-11(18)21;1-6(19)8-9(20)12(14,3-2-4-13)10(22-8)18-11(21)17-7(15)5-16-18/h6,8,10-12,20-21H,5H2,1-2H3,(H2,17,18,22);5-6,8-9,11,20-21H,4H2,1H3,(H2,17,18,22);3,6-7,9-11,19-20H,5H2,1H3,(H2,16,17,21);5-9,19-20H,4H2,1H3,(H2,15,17,21);5-6,8-10,19-20H,4H2,1H3,(H2,15,17,21)/t8-,10-,11+,12-,14?;6-,8-,9+,11-,13?;7-,9-,10+,11-,13?;6-,7-,8+,9-,12?;6-,8-,9+,10-,12?/m11111/s1. The van der Waals surface area contributed by atoms with Crippen LogP contribution in [0.15, 0.2) is 61.0 Å². The Balaban J connectivity index is 0.000000218. The maximum Gasteiger partial charge on any atom is 0.368 e. The summed E-state index contributed by atoms with van der Waals surface area (Å²) in [6.07, 6.45) is -28.2. The third-order valence-electron chi connectivity index (χ3n) is 16.7. The minimum Gasteiger partial charge on any atom is -0.391 e. The van der Waals surface area contributed by atoms with Crippen LogP contribution in [-0.4, -0.2) is 262 Å². The summed E-state index contributed by atoms with van der Waals surface area (Å²) < 4.78 is 180. The fourth-order valence-corrected chi connectivity index (χ4v) is 11.4. The molecule has 10 heterocycles. The second kappa shape index (κ2) is 37.3. The molecular formula is C64H74F11N17O20. The number of hydrogen-bond acceptors (Lipinski definition) is 32. The van der Waals surface area contributed by atoms with E-state index in [2.05, 4.69) is 35.0 Å². The van der Waals surface area contributed by atoms with Gasteiger partial charge in [0.05, 0.1) is 42.9 Å². The van der Waals surface area contributed by atoms with Crippen LogP contribution in [0, 0.1) is 71.9 Å². The topological polar surface area (TPSA) is 579 Å². The number of nitrogen functional groups attached to an aromatic ring is 5. The molecule has 5 saturated heterocycles. The first-order valence-corrected chi connectivity index (χ1v) is 32.4. The summed E-state index contributed by atoms with van der Waals surface area (Å²) in [6.45, 7) is 1.96. The van der Waals surface area contributed by atoms with Crippen molar-refractivity contribution >= 4 is 29.2 Å². The number of aromatic nitrogens is 12. The zero-order valence-corrected chi connectivity index (χ0v) is 59.0. The molecule has 48 heteroatoms. The lowest BCUT2D eigenvalue weighted by Gasteiger charge is -2.25. The largest absolute Gasteiger partial charge is 0.391 e. The van der Waals surface area contributed by atoms with Gasteiger partial charge < -0.3 is 103 Å². The number of aliphatic hydroxyl groups excluding tert-OH is 10. The second-order valence-corrected chi connectivity index (χ2v) is 24.7. The Morgan fingerprint density at radius 1 is 0.455 bits per heavy atom. The van der Waals surface area contributed by atoms with Crippen LogP contribution in [-0.2, 0) is 23.7 Å². The van der Waals surface area contributed by atoms with E-state index in [1.54, 1.807) is 5.92 Å². The summed E-state index contributed by atoms with van der Waals surface area (Å²) in [7, 11) is 0. The van der Waals surface area contributed by atoms with Crippen molar-refractivity contribution in [1.82, 2.24) is 58.0 Å². The molecule has 0 aliphatic carbocycles. The van der Waals surface area contributed by atoms with Gasteiger partial charge in [-0.2, -0.15) is 34.7 Å². The van der Waals surface area contributed by atoms with Gasteiger partial charge in [-0.1, -0.05) is 59.2 Å². The first-order chi connectivity index (χ1) is 52.4. The number of aryl methyl sites for hydroxylation is 1. The highest BCUT2D eigenvalue weighted by Crippen LogP contribution is 2.47. The Kier molecular flexibility index (Phi) is 30.2. The summed E-state index contributed by atoms with van der Waals surface area (Å²) in [5.74, 6) is 16.3. The molecule has 5 aromatic heterocycles. The smallest absolute Gasteiger partial charge is 0.368 e. The lowest BCUT2D eigenvalue weighted by atomic mass is 9.94. The van der Waals surface area contributed by atoms with Gasteiger partial charge in [0, 0.05) is 11.9 Å². The van der Waals surface area contributed by atoms with Crippen molar-refractivity contribution in [3.63, 3.8) is 0 Å². The monoisotopic (exact) mass is 1610 g/mol. The number of rotatable bonds is 10. The summed E-state index contributed by atoms with van der Waals surface area (Å²) in [5, 5.41) is 102. The fourth-order valence-electron chi connectivity index (χ4n) is 11.4. The molecule has 5 fully saturated rings. The molecule has 5 unspecified atom stereocenters. The van der Waals surface area contributed by atoms with Crippen molar-refractivity contribution in [2.75, 3.05) is 62.0 Å². The van der Waals surface area contributed by atoms with Crippen LogP contribution in [0.3, 0.4) is 0 Å². The van der Waals surface area contributed by atoms with Crippen LogP contribution in [0.1, 0.15) is 71.5 Å². The number of ether oxygens (including phenoxy) is 5. The molecule has 112 heavy (non-hydrogen) atoms. The molecule has 5 aliphatic heterocycles. The fraction of sp³-hybridized carbons (Fsp3) is 0.562. The molecule has 5 aromatic rings. The second-order valence-electron chi connectivity index (χ2n) is 24.7. The van der Waals surface area contributed by atoms with Crippen LogP contribution in [0.4, 0.5) is 77.5 Å². The number of anilines is 5. The lowest BCUT2D eigenvalue weighted by molar-refractivity contribution is -0.0849. The average Bonchev–Trinajstić information content (AvgIpc) is 1.65. The van der Waals surface area contributed by atoms with E-state index in [-0.39, 0.29) is 29.1 Å². The Labute approximate surface area is 623 Å². The number of alkyl halides is 10. The molecule has 25 atom stereocenters. The molecule has 20 N–H and O–H groups in total. The van der Waals surface area contributed by atoms with Gasteiger partial charge in [-0.05, 0) is 53.7 Å². The number of nitrogens with zero attached hydrogens (tertiary/aromatic N) is 12. The van der Waals surface area contributed by atoms with Gasteiger partial charge >= 0.3 is 28.4 Å². The lowest BCUT2D eigenvalue weighted by Crippen LogP contribution is -2.46. The van der Waals surface area contributed by atoms with Crippen molar-refractivity contribution in [2.24, 2.45) is 0 Å². The third kappa shape index (κ3) is 19.1. The van der Waals surface area contributed by atoms with Gasteiger partial charge in [-0.15, -0.1) is 0 Å². The predicted molar refractivity (Wildman–Crippen MR) is 361 cm³/mol. The summed E-state index contributed by atoms with van der Waals surface area (Å²) in [4.78, 5) is 79.6. The van der Waals surface area contributed by atoms with Crippen molar-refractivity contribution in [3.05, 3.63) is 101 Å². The molecule has 0 saturated carbocycles. The molecule has 37 nitrogen and oxygen atoms in total. The summed E-state index contributed by atoms with van der Waals surface area (Å²) in [5.41, 5.74) is 7.48. The average molecular weight is 1610 g/mol. The molecule has 612 valence electrons. The molecule has 0 aromatic carbocycles. The van der Waals surface area contributed by atoms with Crippen LogP contribution >= 0.6 is 0 Å². The van der Waals surface area contributed by atoms with E-state index in [0.29, 0.717) is 20.0 Å². The van der Waals surface area contributed by atoms with E-state index >= 15 is 22.0 Å². The third-order valence-corrected chi connectivity index (χ3v) is 16.7. The first-order valence-electron chi connectivity index (χ1n) is 32.4. The minimum absolute atomic E-state index is 0.0614. The van der Waals surface area contributed by atoms with Crippen LogP contribution in [0.2, 0.25) is 0 Å². The summed E-state index contributed by atoms with van der Waals surface area (Å²) in [6, 6.07) is 2.55. The number of nitrogens with two attached hydrogens (primary N) is 5. The highest BCUT2D eigenvalue weighted by molar-refractivity contribution is 5.33. The van der Waals surface area contributed by atoms with Gasteiger partial charge in [0.1, 0.15) is 118 Å². The molecular weight excluding hydrogens is 1540 g/mol. The van der Waals surface area contributed by atoms with Gasteiger partial charge in [0.2, 0.25) is 40.5 Å².